The lowest BCUT2D eigenvalue weighted by molar-refractivity contribution is 1.31. The third-order valence-corrected chi connectivity index (χ3v) is 4.97. The summed E-state index contributed by atoms with van der Waals surface area (Å²) in [5.41, 5.74) is 8.53. The van der Waals surface area contributed by atoms with E-state index < -0.39 is 0 Å². The van der Waals surface area contributed by atoms with Crippen LogP contribution < -0.4 is 0 Å². The maximum Gasteiger partial charge on any atom is 0.0892 e. The van der Waals surface area contributed by atoms with Crippen molar-refractivity contribution in [2.24, 2.45) is 9.98 Å². The molecule has 0 unspecified atom stereocenters. The van der Waals surface area contributed by atoms with Crippen molar-refractivity contribution in [3.05, 3.63) is 94.0 Å². The topological polar surface area (TPSA) is 24.7 Å². The average molecular weight is 359 g/mol. The Bertz CT molecular complexity index is 1020. The third kappa shape index (κ3) is 3.33. The molecule has 2 nitrogen and oxygen atoms in total. The van der Waals surface area contributed by atoms with E-state index >= 15 is 0 Å². The van der Waals surface area contributed by atoms with Crippen molar-refractivity contribution >= 4 is 34.4 Å². The van der Waals surface area contributed by atoms with Crippen LogP contribution in [0.4, 0.5) is 11.4 Å². The summed E-state index contributed by atoms with van der Waals surface area (Å²) < 4.78 is 0. The van der Waals surface area contributed by atoms with E-state index in [1.54, 1.807) is 0 Å². The predicted octanol–water partition coefficient (Wildman–Crippen LogP) is 6.60. The van der Waals surface area contributed by atoms with Gasteiger partial charge in [0.2, 0.25) is 0 Å². The lowest BCUT2D eigenvalue weighted by atomic mass is 10.00. The lowest BCUT2D eigenvalue weighted by Crippen LogP contribution is -2.09. The average Bonchev–Trinajstić information content (AvgIpc) is 2.83. The van der Waals surface area contributed by atoms with Gasteiger partial charge in [-0.05, 0) is 60.4 Å². The number of hydrogen-bond donors (Lipinski definition) is 0. The van der Waals surface area contributed by atoms with Crippen molar-refractivity contribution in [2.75, 3.05) is 0 Å². The van der Waals surface area contributed by atoms with Crippen LogP contribution in [0.25, 0.3) is 0 Å². The monoisotopic (exact) mass is 358 g/mol. The van der Waals surface area contributed by atoms with E-state index in [0.717, 1.165) is 38.9 Å². The lowest BCUT2D eigenvalue weighted by Gasteiger charge is -2.08. The summed E-state index contributed by atoms with van der Waals surface area (Å²) in [6.45, 7) is 4.22. The maximum absolute atomic E-state index is 6.06. The van der Waals surface area contributed by atoms with Gasteiger partial charge in [-0.3, -0.25) is 9.98 Å². The first-order valence-electron chi connectivity index (χ1n) is 8.68. The number of benzene rings is 3. The number of hydrogen-bond acceptors (Lipinski definition) is 2. The summed E-state index contributed by atoms with van der Waals surface area (Å²) in [4.78, 5) is 9.96. The Kier molecular flexibility index (Phi) is 4.44. The van der Waals surface area contributed by atoms with Crippen LogP contribution in [-0.4, -0.2) is 11.4 Å². The quantitative estimate of drug-likeness (QED) is 0.493. The van der Waals surface area contributed by atoms with E-state index in [0.29, 0.717) is 6.42 Å². The summed E-state index contributed by atoms with van der Waals surface area (Å²) >= 11 is 6.06. The van der Waals surface area contributed by atoms with Crippen molar-refractivity contribution < 1.29 is 0 Å². The molecule has 0 saturated heterocycles. The second kappa shape index (κ2) is 6.89. The van der Waals surface area contributed by atoms with Gasteiger partial charge in [0.15, 0.2) is 0 Å². The summed E-state index contributed by atoms with van der Waals surface area (Å²) in [6, 6.07) is 22.4. The van der Waals surface area contributed by atoms with E-state index in [2.05, 4.69) is 38.1 Å². The Labute approximate surface area is 158 Å². The molecule has 3 aromatic rings. The fourth-order valence-corrected chi connectivity index (χ4v) is 3.23. The van der Waals surface area contributed by atoms with Crippen LogP contribution in [0.1, 0.15) is 28.7 Å². The minimum atomic E-state index is 0.679. The van der Waals surface area contributed by atoms with Crippen molar-refractivity contribution in [3.63, 3.8) is 0 Å². The minimum absolute atomic E-state index is 0.679. The van der Waals surface area contributed by atoms with Gasteiger partial charge in [0.25, 0.3) is 0 Å². The largest absolute Gasteiger partial charge is 0.250 e. The van der Waals surface area contributed by atoms with Crippen LogP contribution in [0.15, 0.2) is 76.7 Å². The van der Waals surface area contributed by atoms with Gasteiger partial charge in [-0.1, -0.05) is 54.1 Å². The summed E-state index contributed by atoms with van der Waals surface area (Å²) in [5.74, 6) is 0. The Morgan fingerprint density at radius 1 is 0.692 bits per heavy atom. The summed E-state index contributed by atoms with van der Waals surface area (Å²) in [5, 5.41) is 0.729. The second-order valence-electron chi connectivity index (χ2n) is 6.59. The molecule has 3 aromatic carbocycles. The second-order valence-corrected chi connectivity index (χ2v) is 7.03. The molecule has 0 atom stereocenters. The number of aryl methyl sites for hydroxylation is 2. The fraction of sp³-hybridized carbons (Fsp3) is 0.130. The van der Waals surface area contributed by atoms with E-state index in [-0.39, 0.29) is 0 Å². The van der Waals surface area contributed by atoms with E-state index in [1.165, 1.54) is 11.1 Å². The van der Waals surface area contributed by atoms with E-state index in [9.17, 15) is 0 Å². The first kappa shape index (κ1) is 16.7. The molecule has 0 bridgehead atoms. The maximum atomic E-state index is 6.06. The molecule has 0 radical (unpaired) electrons. The number of aliphatic imine (C=N–C) groups is 2. The molecular formula is C23H19ClN2. The highest BCUT2D eigenvalue weighted by Crippen LogP contribution is 2.35. The minimum Gasteiger partial charge on any atom is -0.250 e. The normalized spacial score (nSPS) is 13.5. The summed E-state index contributed by atoms with van der Waals surface area (Å²) in [6.07, 6.45) is 0.679. The zero-order chi connectivity index (χ0) is 18.1. The predicted molar refractivity (Wildman–Crippen MR) is 111 cm³/mol. The van der Waals surface area contributed by atoms with Crippen LogP contribution in [0, 0.1) is 13.8 Å². The molecule has 0 saturated carbocycles. The van der Waals surface area contributed by atoms with Crippen LogP contribution in [0.5, 0.6) is 0 Å². The molecule has 3 heteroatoms. The number of rotatable bonds is 2. The van der Waals surface area contributed by atoms with Crippen LogP contribution >= 0.6 is 11.6 Å². The molecule has 1 heterocycles. The van der Waals surface area contributed by atoms with Gasteiger partial charge in [-0.25, -0.2) is 0 Å². The molecule has 1 aliphatic heterocycles. The number of fused-ring (bicyclic) bond motifs is 1. The van der Waals surface area contributed by atoms with Crippen molar-refractivity contribution in [3.8, 4) is 0 Å². The van der Waals surface area contributed by atoms with Crippen molar-refractivity contribution in [2.45, 2.75) is 20.3 Å². The van der Waals surface area contributed by atoms with Gasteiger partial charge in [0.1, 0.15) is 0 Å². The molecule has 0 amide bonds. The van der Waals surface area contributed by atoms with Crippen molar-refractivity contribution in [1.29, 1.82) is 0 Å². The number of halogens is 1. The first-order chi connectivity index (χ1) is 12.6. The summed E-state index contributed by atoms with van der Waals surface area (Å²) in [7, 11) is 0. The van der Waals surface area contributed by atoms with Crippen LogP contribution in [0.3, 0.4) is 0 Å². The van der Waals surface area contributed by atoms with E-state index in [1.807, 2.05) is 42.5 Å². The van der Waals surface area contributed by atoms with Gasteiger partial charge in [0.05, 0.1) is 22.8 Å². The Balaban J connectivity index is 1.90. The highest BCUT2D eigenvalue weighted by atomic mass is 35.5. The smallest absolute Gasteiger partial charge is 0.0892 e. The molecule has 0 N–H and O–H groups in total. The van der Waals surface area contributed by atoms with Crippen LogP contribution in [0.2, 0.25) is 5.02 Å². The zero-order valence-corrected chi connectivity index (χ0v) is 15.6. The Hall–Kier alpha value is -2.71. The molecule has 1 aliphatic rings. The SMILES string of the molecule is Cc1cc2c(cc1C)N=C(c1ccc(Cl)cc1)CC(c1ccccc1)=N2. The van der Waals surface area contributed by atoms with E-state index in [4.69, 9.17) is 21.6 Å². The number of nitrogens with zero attached hydrogens (tertiary/aromatic N) is 2. The molecule has 0 spiro atoms. The van der Waals surface area contributed by atoms with Gasteiger partial charge < -0.3 is 0 Å². The molecule has 128 valence electrons. The third-order valence-electron chi connectivity index (χ3n) is 4.72. The molecule has 26 heavy (non-hydrogen) atoms. The Morgan fingerprint density at radius 2 is 1.19 bits per heavy atom. The molecular weight excluding hydrogens is 340 g/mol. The van der Waals surface area contributed by atoms with Gasteiger partial charge >= 0.3 is 0 Å². The molecule has 0 fully saturated rings. The standard InChI is InChI=1S/C23H19ClN2/c1-15-12-22-23(13-16(15)2)26-21(18-8-10-19(24)11-9-18)14-20(25-22)17-6-4-3-5-7-17/h3-13H,14H2,1-2H3. The van der Waals surface area contributed by atoms with Gasteiger partial charge in [-0.15, -0.1) is 0 Å². The fourth-order valence-electron chi connectivity index (χ4n) is 3.10. The highest BCUT2D eigenvalue weighted by molar-refractivity contribution is 6.30. The van der Waals surface area contributed by atoms with Crippen LogP contribution in [-0.2, 0) is 0 Å². The zero-order valence-electron chi connectivity index (χ0n) is 14.8. The van der Waals surface area contributed by atoms with Crippen molar-refractivity contribution in [1.82, 2.24) is 0 Å². The first-order valence-corrected chi connectivity index (χ1v) is 9.06. The highest BCUT2D eigenvalue weighted by Gasteiger charge is 2.17. The Morgan fingerprint density at radius 3 is 1.73 bits per heavy atom. The molecule has 0 aliphatic carbocycles. The van der Waals surface area contributed by atoms with Gasteiger partial charge in [-0.2, -0.15) is 0 Å². The van der Waals surface area contributed by atoms with Gasteiger partial charge in [0, 0.05) is 11.4 Å². The molecule has 4 rings (SSSR count). The molecule has 0 aromatic heterocycles.